The van der Waals surface area contributed by atoms with Gasteiger partial charge in [0.25, 0.3) is 0 Å². The molecule has 2 aromatic heterocycles. The Labute approximate surface area is 433 Å². The molecule has 356 valence electrons. The van der Waals surface area contributed by atoms with E-state index in [1.807, 2.05) is 12.3 Å². The van der Waals surface area contributed by atoms with Gasteiger partial charge in [0.1, 0.15) is 5.82 Å². The van der Waals surface area contributed by atoms with Gasteiger partial charge in [0.05, 0.1) is 0 Å². The Morgan fingerprint density at radius 3 is 1.77 bits per heavy atom. The fourth-order valence-electron chi connectivity index (χ4n) is 9.74. The molecule has 0 spiro atoms. The number of rotatable bonds is 9. The van der Waals surface area contributed by atoms with Crippen LogP contribution in [-0.4, -0.2) is 9.55 Å². The number of hydrogen-bond donors (Lipinski definition) is 0. The van der Waals surface area contributed by atoms with Crippen LogP contribution in [0.15, 0.2) is 194 Å². The molecule has 0 aliphatic carbocycles. The number of pyridine rings is 1. The van der Waals surface area contributed by atoms with E-state index >= 15 is 0 Å². The van der Waals surface area contributed by atoms with Crippen molar-refractivity contribution in [2.75, 3.05) is 9.80 Å². The normalized spacial score (nSPS) is 12.8. The largest absolute Gasteiger partial charge is 0.509 e. The molecule has 0 amide bonds. The molecule has 5 nitrogen and oxygen atoms in total. The molecule has 0 saturated heterocycles. The SMILES string of the molecule is CC(C)(C)c1cc(-c2ccccc2)cc(N2[CH-]N(c3[c-]c(Oc4[c-]c5c(cc4)c4cc(-c6ccccc6)ccc4n5-c4cc(C(C)(C)C)ccn4)cc(C(C)(C)c4ccccc4)c3)c3ccccc32)c1.[Pt]. The first kappa shape index (κ1) is 47.5. The van der Waals surface area contributed by atoms with Gasteiger partial charge in [-0.1, -0.05) is 182 Å². The summed E-state index contributed by atoms with van der Waals surface area (Å²) in [6.07, 6.45) is 1.92. The maximum atomic E-state index is 7.03. The van der Waals surface area contributed by atoms with E-state index in [0.717, 1.165) is 61.5 Å². The van der Waals surface area contributed by atoms with Crippen LogP contribution in [0, 0.1) is 18.8 Å². The zero-order valence-corrected chi connectivity index (χ0v) is 43.8. The minimum atomic E-state index is -0.381. The van der Waals surface area contributed by atoms with E-state index in [0.29, 0.717) is 11.5 Å². The minimum Gasteiger partial charge on any atom is -0.509 e. The van der Waals surface area contributed by atoms with Gasteiger partial charge < -0.3 is 19.1 Å². The van der Waals surface area contributed by atoms with Gasteiger partial charge in [-0.2, -0.15) is 6.07 Å². The fourth-order valence-corrected chi connectivity index (χ4v) is 9.74. The third-order valence-corrected chi connectivity index (χ3v) is 13.9. The van der Waals surface area contributed by atoms with Crippen LogP contribution in [0.5, 0.6) is 11.5 Å². The van der Waals surface area contributed by atoms with Gasteiger partial charge in [-0.3, -0.25) is 0 Å². The summed E-state index contributed by atoms with van der Waals surface area (Å²) in [5.41, 5.74) is 15.0. The Balaban J connectivity index is 0.00000582. The molecule has 1 aliphatic rings. The van der Waals surface area contributed by atoms with E-state index in [1.165, 1.54) is 33.4 Å². The van der Waals surface area contributed by atoms with Crippen LogP contribution in [0.25, 0.3) is 49.9 Å². The van der Waals surface area contributed by atoms with Crippen LogP contribution in [0.4, 0.5) is 22.7 Å². The van der Waals surface area contributed by atoms with Crippen LogP contribution in [0.2, 0.25) is 0 Å². The summed E-state index contributed by atoms with van der Waals surface area (Å²) in [7, 11) is 0. The number of para-hydroxylation sites is 2. The number of fused-ring (bicyclic) bond motifs is 4. The standard InChI is InChI=1S/C65H57N4O.Pt/c1-63(2,3)49-32-33-66-62(40-49)69-58-31-28-46(44-20-12-9-13-21-44)36-57(58)56-30-29-54(42-61(56)69)70-55-39-51(65(7,8)48-24-16-11-17-25-48)38-53(41-55)68-43-67(59-26-18-19-27-60(59)68)52-35-47(45-22-14-10-15-23-45)34-50(37-52)64(4,5)6;/h9-40,43H,1-8H3;/q-3;. The maximum absolute atomic E-state index is 7.03. The maximum Gasteiger partial charge on any atom is 0.135 e. The molecule has 6 heteroatoms. The Morgan fingerprint density at radius 2 is 1.10 bits per heavy atom. The summed E-state index contributed by atoms with van der Waals surface area (Å²) in [6.45, 7) is 20.3. The number of aromatic nitrogens is 2. The van der Waals surface area contributed by atoms with Crippen molar-refractivity contribution in [3.8, 4) is 39.6 Å². The van der Waals surface area contributed by atoms with Gasteiger partial charge in [0.15, 0.2) is 0 Å². The second-order valence-corrected chi connectivity index (χ2v) is 21.1. The molecule has 3 heterocycles. The molecular formula is C65H57N4OPt-3. The van der Waals surface area contributed by atoms with Crippen molar-refractivity contribution in [2.24, 2.45) is 0 Å². The van der Waals surface area contributed by atoms with Crippen LogP contribution in [0.1, 0.15) is 77.6 Å². The van der Waals surface area contributed by atoms with E-state index in [-0.39, 0.29) is 37.3 Å². The average Bonchev–Trinajstić information content (AvgIpc) is 3.92. The van der Waals surface area contributed by atoms with Gasteiger partial charge in [-0.25, -0.2) is 4.98 Å². The average molecular weight is 1110 g/mol. The first-order valence-electron chi connectivity index (χ1n) is 24.3. The molecule has 0 bridgehead atoms. The summed E-state index contributed by atoms with van der Waals surface area (Å²) >= 11 is 0. The first-order valence-corrected chi connectivity index (χ1v) is 24.3. The summed E-state index contributed by atoms with van der Waals surface area (Å²) < 4.78 is 9.27. The van der Waals surface area contributed by atoms with Crippen molar-refractivity contribution >= 4 is 44.6 Å². The Kier molecular flexibility index (Phi) is 12.4. The number of ether oxygens (including phenoxy) is 1. The quantitative estimate of drug-likeness (QED) is 0.135. The smallest absolute Gasteiger partial charge is 0.135 e. The second kappa shape index (κ2) is 18.5. The molecule has 1 aliphatic heterocycles. The van der Waals surface area contributed by atoms with Crippen LogP contribution < -0.4 is 14.5 Å². The molecule has 11 rings (SSSR count). The van der Waals surface area contributed by atoms with Gasteiger partial charge in [0.2, 0.25) is 0 Å². The van der Waals surface area contributed by atoms with E-state index in [9.17, 15) is 0 Å². The number of benzene rings is 8. The van der Waals surface area contributed by atoms with Crippen molar-refractivity contribution in [2.45, 2.75) is 71.6 Å². The first-order chi connectivity index (χ1) is 33.7. The van der Waals surface area contributed by atoms with Gasteiger partial charge in [-0.05, 0) is 103 Å². The van der Waals surface area contributed by atoms with E-state index in [4.69, 9.17) is 9.72 Å². The molecule has 0 atom stereocenters. The summed E-state index contributed by atoms with van der Waals surface area (Å²) in [6, 6.07) is 74.6. The number of nitrogens with zero attached hydrogens (tertiary/aromatic N) is 4. The van der Waals surface area contributed by atoms with Crippen molar-refractivity contribution in [3.63, 3.8) is 0 Å². The molecule has 8 aromatic carbocycles. The zero-order chi connectivity index (χ0) is 48.4. The predicted octanol–water partition coefficient (Wildman–Crippen LogP) is 17.2. The van der Waals surface area contributed by atoms with Crippen LogP contribution in [-0.2, 0) is 37.3 Å². The van der Waals surface area contributed by atoms with Crippen molar-refractivity contribution in [1.29, 1.82) is 0 Å². The third kappa shape index (κ3) is 9.09. The molecule has 0 saturated carbocycles. The molecule has 10 aromatic rings. The molecule has 0 unspecified atom stereocenters. The van der Waals surface area contributed by atoms with Crippen molar-refractivity contribution < 1.29 is 25.8 Å². The fraction of sp³-hybridized carbons (Fsp3) is 0.169. The van der Waals surface area contributed by atoms with Crippen LogP contribution >= 0.6 is 0 Å². The van der Waals surface area contributed by atoms with E-state index < -0.39 is 0 Å². The Bertz CT molecular complexity index is 3550. The topological polar surface area (TPSA) is 33.5 Å². The Morgan fingerprint density at radius 1 is 0.465 bits per heavy atom. The van der Waals surface area contributed by atoms with Gasteiger partial charge in [0, 0.05) is 61.3 Å². The van der Waals surface area contributed by atoms with E-state index in [2.05, 4.69) is 271 Å². The predicted molar refractivity (Wildman–Crippen MR) is 291 cm³/mol. The minimum absolute atomic E-state index is 0. The van der Waals surface area contributed by atoms with Crippen molar-refractivity contribution in [1.82, 2.24) is 9.55 Å². The summed E-state index contributed by atoms with van der Waals surface area (Å²) in [5.74, 6) is 2.02. The second-order valence-electron chi connectivity index (χ2n) is 21.1. The number of hydrogen-bond acceptors (Lipinski definition) is 4. The zero-order valence-electron chi connectivity index (χ0n) is 41.6. The summed E-state index contributed by atoms with van der Waals surface area (Å²) in [5, 5.41) is 2.19. The molecule has 71 heavy (non-hydrogen) atoms. The molecule has 0 fully saturated rings. The monoisotopic (exact) mass is 1100 g/mol. The van der Waals surface area contributed by atoms with Gasteiger partial charge >= 0.3 is 0 Å². The molecule has 0 N–H and O–H groups in total. The van der Waals surface area contributed by atoms with Crippen molar-refractivity contribution in [3.05, 3.63) is 235 Å². The number of anilines is 4. The van der Waals surface area contributed by atoms with Gasteiger partial charge in [-0.15, -0.1) is 53.6 Å². The summed E-state index contributed by atoms with van der Waals surface area (Å²) in [4.78, 5) is 9.54. The molecule has 0 radical (unpaired) electrons. The third-order valence-electron chi connectivity index (χ3n) is 13.9. The van der Waals surface area contributed by atoms with E-state index in [1.54, 1.807) is 0 Å². The van der Waals surface area contributed by atoms with Crippen LogP contribution in [0.3, 0.4) is 0 Å². The molecular weight excluding hydrogens is 1050 g/mol. The Hall–Kier alpha value is -7.20.